The van der Waals surface area contributed by atoms with Crippen LogP contribution in [0.15, 0.2) is 53.6 Å². The van der Waals surface area contributed by atoms with Gasteiger partial charge in [0, 0.05) is 49.4 Å². The van der Waals surface area contributed by atoms with Crippen LogP contribution in [-0.2, 0) is 26.8 Å². The number of anilines is 2. The van der Waals surface area contributed by atoms with Gasteiger partial charge >= 0.3 is 0 Å². The highest BCUT2D eigenvalue weighted by Gasteiger charge is 2.37. The molecule has 1 unspecified atom stereocenters. The molecule has 2 heterocycles. The minimum absolute atomic E-state index is 0.122. The van der Waals surface area contributed by atoms with E-state index < -0.39 is 38.5 Å². The lowest BCUT2D eigenvalue weighted by Gasteiger charge is -2.32. The Morgan fingerprint density at radius 1 is 1.16 bits per heavy atom. The van der Waals surface area contributed by atoms with Gasteiger partial charge in [-0.2, -0.15) is 0 Å². The number of nitrogens with one attached hydrogen (secondary N) is 2. The molecule has 0 radical (unpaired) electrons. The molecule has 0 amide bonds. The summed E-state index contributed by atoms with van der Waals surface area (Å²) >= 11 is 6.20. The van der Waals surface area contributed by atoms with Crippen molar-refractivity contribution in [3.8, 4) is 11.1 Å². The first-order valence-electron chi connectivity index (χ1n) is 14.8. The van der Waals surface area contributed by atoms with Crippen LogP contribution in [0, 0.1) is 11.6 Å². The normalized spacial score (nSPS) is 19.2. The summed E-state index contributed by atoms with van der Waals surface area (Å²) in [5.41, 5.74) is -0.431. The Morgan fingerprint density at radius 3 is 2.69 bits per heavy atom. The Hall–Kier alpha value is -3.42. The second-order valence-corrected chi connectivity index (χ2v) is 13.9. The zero-order chi connectivity index (χ0) is 31.9. The lowest BCUT2D eigenvalue weighted by molar-refractivity contribution is 0.0594. The number of hydrogen-bond acceptors (Lipinski definition) is 8. The molecular weight excluding hydrogens is 624 g/mol. The number of aliphatic hydroxyl groups is 1. The largest absolute Gasteiger partial charge is 0.385 e. The third-order valence-electron chi connectivity index (χ3n) is 8.64. The Labute approximate surface area is 265 Å². The number of methoxy groups -OCH3 is 1. The van der Waals surface area contributed by atoms with E-state index in [-0.39, 0.29) is 21.5 Å². The summed E-state index contributed by atoms with van der Waals surface area (Å²) in [4.78, 5) is 11.2. The van der Waals surface area contributed by atoms with Gasteiger partial charge in [0.05, 0.1) is 33.9 Å². The van der Waals surface area contributed by atoms with Crippen molar-refractivity contribution in [2.45, 2.75) is 49.1 Å². The van der Waals surface area contributed by atoms with Crippen LogP contribution in [-0.4, -0.2) is 67.8 Å². The second-order valence-electron chi connectivity index (χ2n) is 11.8. The van der Waals surface area contributed by atoms with Crippen LogP contribution in [0.2, 0.25) is 5.02 Å². The lowest BCUT2D eigenvalue weighted by Crippen LogP contribution is -2.40. The van der Waals surface area contributed by atoms with E-state index in [2.05, 4.69) is 24.9 Å². The molecule has 3 N–H and O–H groups in total. The fraction of sp³-hybridized carbons (Fsp3) is 0.375. The van der Waals surface area contributed by atoms with Crippen molar-refractivity contribution in [1.29, 1.82) is 0 Å². The first kappa shape index (κ1) is 31.6. The maximum atomic E-state index is 15.9. The fourth-order valence-electron chi connectivity index (χ4n) is 6.15. The minimum atomic E-state index is -4.35. The van der Waals surface area contributed by atoms with Crippen LogP contribution in [0.1, 0.15) is 37.3 Å². The molecule has 13 heteroatoms. The number of ether oxygens (including phenoxy) is 1. The number of piperidine rings is 1. The van der Waals surface area contributed by atoms with E-state index in [9.17, 15) is 13.5 Å². The van der Waals surface area contributed by atoms with Crippen LogP contribution in [0.3, 0.4) is 0 Å². The molecule has 0 saturated carbocycles. The van der Waals surface area contributed by atoms with E-state index in [0.717, 1.165) is 44.6 Å². The number of aromatic nitrogens is 2. The first-order chi connectivity index (χ1) is 21.4. The lowest BCUT2D eigenvalue weighted by atomic mass is 9.99. The monoisotopic (exact) mass is 657 g/mol. The van der Waals surface area contributed by atoms with Crippen molar-refractivity contribution in [3.63, 3.8) is 0 Å². The molecule has 1 saturated heterocycles. The molecule has 45 heavy (non-hydrogen) atoms. The highest BCUT2D eigenvalue weighted by Crippen LogP contribution is 2.42. The highest BCUT2D eigenvalue weighted by atomic mass is 35.5. The predicted octanol–water partition coefficient (Wildman–Crippen LogP) is 5.71. The summed E-state index contributed by atoms with van der Waals surface area (Å²) in [6, 6.07) is 9.85. The standard InChI is InChI=1S/C32H34ClF2N5O4S/c1-32(41)10-7-23-24(32)16-21(33)17-28(23)45(42,43)39-27-6-4-25(34)29(30(27)35)19-3-5-26-20(15-19)18-36-31(38-26)37-22-8-11-40(12-9-22)13-14-44-2/h3-6,15-18,22,39,41H,7-14H2,1-2H3,(H,36,37,38). The van der Waals surface area contributed by atoms with Gasteiger partial charge in [0.25, 0.3) is 10.0 Å². The molecule has 1 aliphatic heterocycles. The van der Waals surface area contributed by atoms with Gasteiger partial charge in [-0.25, -0.2) is 27.2 Å². The Kier molecular flexibility index (Phi) is 8.70. The summed E-state index contributed by atoms with van der Waals surface area (Å²) in [6.45, 7) is 5.10. The predicted molar refractivity (Wildman–Crippen MR) is 170 cm³/mol. The average Bonchev–Trinajstić information content (AvgIpc) is 3.31. The number of sulfonamides is 1. The molecule has 2 aliphatic rings. The van der Waals surface area contributed by atoms with Crippen LogP contribution < -0.4 is 10.0 Å². The van der Waals surface area contributed by atoms with E-state index >= 15 is 8.78 Å². The van der Waals surface area contributed by atoms with Gasteiger partial charge in [0.1, 0.15) is 5.82 Å². The fourth-order valence-corrected chi connectivity index (χ4v) is 7.81. The molecule has 3 aromatic carbocycles. The average molecular weight is 658 g/mol. The zero-order valence-corrected chi connectivity index (χ0v) is 26.5. The Bertz CT molecular complexity index is 1870. The van der Waals surface area contributed by atoms with Crippen molar-refractivity contribution in [2.24, 2.45) is 0 Å². The quantitative estimate of drug-likeness (QED) is 0.210. The second kappa shape index (κ2) is 12.4. The molecule has 6 rings (SSSR count). The number of rotatable bonds is 9. The number of likely N-dealkylation sites (tertiary alicyclic amines) is 1. The third kappa shape index (κ3) is 6.48. The summed E-state index contributed by atoms with van der Waals surface area (Å²) in [6.07, 6.45) is 4.11. The molecule has 1 atom stereocenters. The van der Waals surface area contributed by atoms with Crippen molar-refractivity contribution >= 4 is 44.2 Å². The van der Waals surface area contributed by atoms with Gasteiger partial charge in [-0.05, 0) is 85.7 Å². The molecule has 238 valence electrons. The van der Waals surface area contributed by atoms with Crippen LogP contribution in [0.25, 0.3) is 22.0 Å². The molecule has 9 nitrogen and oxygen atoms in total. The molecule has 0 spiro atoms. The van der Waals surface area contributed by atoms with Crippen molar-refractivity contribution < 1.29 is 27.0 Å². The zero-order valence-electron chi connectivity index (χ0n) is 24.9. The molecule has 4 aromatic rings. The third-order valence-corrected chi connectivity index (χ3v) is 10.3. The summed E-state index contributed by atoms with van der Waals surface area (Å²) in [5.74, 6) is -1.45. The molecular formula is C32H34ClF2N5O4S. The van der Waals surface area contributed by atoms with E-state index in [1.165, 1.54) is 12.1 Å². The SMILES string of the molecule is COCCN1CCC(Nc2ncc3cc(-c4c(F)ccc(NS(=O)(=O)c5cc(Cl)cc6c5CCC6(C)O)c4F)ccc3n2)CC1. The maximum absolute atomic E-state index is 15.9. The topological polar surface area (TPSA) is 117 Å². The summed E-state index contributed by atoms with van der Waals surface area (Å²) in [7, 11) is -2.65. The van der Waals surface area contributed by atoms with Gasteiger partial charge < -0.3 is 20.1 Å². The molecule has 1 aliphatic carbocycles. The highest BCUT2D eigenvalue weighted by molar-refractivity contribution is 7.92. The van der Waals surface area contributed by atoms with E-state index in [4.69, 9.17) is 16.3 Å². The number of halogens is 3. The van der Waals surface area contributed by atoms with E-state index in [0.29, 0.717) is 47.4 Å². The Morgan fingerprint density at radius 2 is 1.93 bits per heavy atom. The van der Waals surface area contributed by atoms with Gasteiger partial charge in [-0.3, -0.25) is 4.72 Å². The van der Waals surface area contributed by atoms with Gasteiger partial charge in [-0.15, -0.1) is 0 Å². The van der Waals surface area contributed by atoms with Gasteiger partial charge in [0.2, 0.25) is 5.95 Å². The van der Waals surface area contributed by atoms with E-state index in [1.807, 2.05) is 0 Å². The van der Waals surface area contributed by atoms with Gasteiger partial charge in [0.15, 0.2) is 5.82 Å². The maximum Gasteiger partial charge on any atom is 0.262 e. The van der Waals surface area contributed by atoms with Gasteiger partial charge in [-0.1, -0.05) is 17.7 Å². The van der Waals surface area contributed by atoms with Crippen LogP contribution in [0.5, 0.6) is 0 Å². The van der Waals surface area contributed by atoms with E-state index in [1.54, 1.807) is 38.4 Å². The first-order valence-corrected chi connectivity index (χ1v) is 16.6. The number of hydrogen-bond donors (Lipinski definition) is 3. The van der Waals surface area contributed by atoms with Crippen molar-refractivity contribution in [3.05, 3.63) is 76.4 Å². The Balaban J connectivity index is 1.23. The molecule has 0 bridgehead atoms. The molecule has 1 aromatic heterocycles. The summed E-state index contributed by atoms with van der Waals surface area (Å²) in [5, 5.41) is 14.8. The van der Waals surface area contributed by atoms with Crippen molar-refractivity contribution in [2.75, 3.05) is 43.4 Å². The number of nitrogens with zero attached hydrogens (tertiary/aromatic N) is 3. The van der Waals surface area contributed by atoms with Crippen molar-refractivity contribution in [1.82, 2.24) is 14.9 Å². The molecule has 1 fully saturated rings. The minimum Gasteiger partial charge on any atom is -0.385 e. The summed E-state index contributed by atoms with van der Waals surface area (Å²) < 4.78 is 65.4. The number of benzene rings is 3. The van der Waals surface area contributed by atoms with Crippen LogP contribution >= 0.6 is 11.6 Å². The number of fused-ring (bicyclic) bond motifs is 2. The smallest absolute Gasteiger partial charge is 0.262 e. The van der Waals surface area contributed by atoms with Crippen LogP contribution in [0.4, 0.5) is 20.4 Å².